The molecule has 1 heterocycles. The smallest absolute Gasteiger partial charge is 0.254 e. The summed E-state index contributed by atoms with van der Waals surface area (Å²) in [6, 6.07) is 13.8. The van der Waals surface area contributed by atoms with E-state index >= 15 is 0 Å². The van der Waals surface area contributed by atoms with Gasteiger partial charge in [-0.05, 0) is 29.7 Å². The molecule has 1 aliphatic heterocycles. The Labute approximate surface area is 112 Å². The van der Waals surface area contributed by atoms with Crippen molar-refractivity contribution >= 4 is 16.7 Å². The van der Waals surface area contributed by atoms with Crippen LogP contribution in [-0.2, 0) is 0 Å². The number of likely N-dealkylation sites (tertiary alicyclic amines) is 1. The highest BCUT2D eigenvalue weighted by molar-refractivity contribution is 6.07. The van der Waals surface area contributed by atoms with Crippen LogP contribution in [0.5, 0.6) is 0 Å². The average Bonchev–Trinajstić information content (AvgIpc) is 2.47. The number of nitrogens with zero attached hydrogens (tertiary/aromatic N) is 1. The fourth-order valence-electron chi connectivity index (χ4n) is 2.65. The number of carbonyl (C=O) groups excluding carboxylic acids is 1. The number of aliphatic hydroxyl groups is 1. The van der Waals surface area contributed by atoms with Crippen molar-refractivity contribution in [2.75, 3.05) is 13.1 Å². The molecule has 3 rings (SSSR count). The second-order valence-electron chi connectivity index (χ2n) is 5.05. The van der Waals surface area contributed by atoms with Crippen LogP contribution in [0.15, 0.2) is 42.5 Å². The predicted molar refractivity (Wildman–Crippen MR) is 75.1 cm³/mol. The van der Waals surface area contributed by atoms with Gasteiger partial charge < -0.3 is 10.0 Å². The van der Waals surface area contributed by atoms with E-state index in [1.54, 1.807) is 0 Å². The van der Waals surface area contributed by atoms with Crippen molar-refractivity contribution in [1.29, 1.82) is 0 Å². The third-order valence-corrected chi connectivity index (χ3v) is 3.77. The minimum atomic E-state index is -0.253. The van der Waals surface area contributed by atoms with E-state index in [-0.39, 0.29) is 12.0 Å². The third kappa shape index (κ3) is 2.34. The zero-order chi connectivity index (χ0) is 13.2. The zero-order valence-electron chi connectivity index (χ0n) is 10.7. The van der Waals surface area contributed by atoms with E-state index in [0.29, 0.717) is 25.9 Å². The van der Waals surface area contributed by atoms with Crippen molar-refractivity contribution in [3.8, 4) is 0 Å². The van der Waals surface area contributed by atoms with E-state index in [1.807, 2.05) is 47.4 Å². The van der Waals surface area contributed by atoms with Crippen molar-refractivity contribution in [2.45, 2.75) is 18.9 Å². The fourth-order valence-corrected chi connectivity index (χ4v) is 2.65. The monoisotopic (exact) mass is 255 g/mol. The Kier molecular flexibility index (Phi) is 3.22. The summed E-state index contributed by atoms with van der Waals surface area (Å²) in [5.41, 5.74) is 0.759. The number of hydrogen-bond acceptors (Lipinski definition) is 2. The number of aliphatic hydroxyl groups excluding tert-OH is 1. The number of hydrogen-bond donors (Lipinski definition) is 1. The van der Waals surface area contributed by atoms with Crippen LogP contribution < -0.4 is 0 Å². The van der Waals surface area contributed by atoms with Gasteiger partial charge in [0.2, 0.25) is 0 Å². The summed E-state index contributed by atoms with van der Waals surface area (Å²) in [4.78, 5) is 14.4. The first-order chi connectivity index (χ1) is 9.25. The summed E-state index contributed by atoms with van der Waals surface area (Å²) < 4.78 is 0. The molecule has 0 radical (unpaired) electrons. The molecule has 0 atom stereocenters. The normalized spacial score (nSPS) is 16.8. The highest BCUT2D eigenvalue weighted by Gasteiger charge is 2.23. The summed E-state index contributed by atoms with van der Waals surface area (Å²) in [6.45, 7) is 1.28. The Morgan fingerprint density at radius 1 is 1.05 bits per heavy atom. The summed E-state index contributed by atoms with van der Waals surface area (Å²) >= 11 is 0. The van der Waals surface area contributed by atoms with Crippen molar-refractivity contribution in [2.24, 2.45) is 0 Å². The summed E-state index contributed by atoms with van der Waals surface area (Å²) in [5, 5.41) is 11.6. The highest BCUT2D eigenvalue weighted by Crippen LogP contribution is 2.21. The molecule has 3 nitrogen and oxygen atoms in total. The minimum Gasteiger partial charge on any atom is -0.393 e. The topological polar surface area (TPSA) is 40.5 Å². The number of carbonyl (C=O) groups is 1. The number of rotatable bonds is 1. The van der Waals surface area contributed by atoms with Gasteiger partial charge in [-0.3, -0.25) is 4.79 Å². The molecule has 0 unspecified atom stereocenters. The molecular formula is C16H17NO2. The van der Waals surface area contributed by atoms with Crippen LogP contribution in [0.1, 0.15) is 23.2 Å². The maximum absolute atomic E-state index is 12.6. The molecule has 2 aromatic carbocycles. The molecule has 0 spiro atoms. The fraction of sp³-hybridized carbons (Fsp3) is 0.312. The van der Waals surface area contributed by atoms with Crippen LogP contribution in [0, 0.1) is 0 Å². The SMILES string of the molecule is O=C(c1cccc2ccccc12)N1CCC(O)CC1. The maximum Gasteiger partial charge on any atom is 0.254 e. The second kappa shape index (κ2) is 5.02. The third-order valence-electron chi connectivity index (χ3n) is 3.77. The minimum absolute atomic E-state index is 0.0729. The summed E-state index contributed by atoms with van der Waals surface area (Å²) in [5.74, 6) is 0.0729. The van der Waals surface area contributed by atoms with Gasteiger partial charge in [0, 0.05) is 18.7 Å². The van der Waals surface area contributed by atoms with E-state index < -0.39 is 0 Å². The molecule has 1 N–H and O–H groups in total. The van der Waals surface area contributed by atoms with E-state index in [4.69, 9.17) is 0 Å². The van der Waals surface area contributed by atoms with Gasteiger partial charge in [-0.1, -0.05) is 36.4 Å². The molecular weight excluding hydrogens is 238 g/mol. The largest absolute Gasteiger partial charge is 0.393 e. The van der Waals surface area contributed by atoms with E-state index in [9.17, 15) is 9.90 Å². The van der Waals surface area contributed by atoms with Crippen LogP contribution in [0.4, 0.5) is 0 Å². The predicted octanol–water partition coefficient (Wildman–Crippen LogP) is 2.44. The Bertz CT molecular complexity index is 595. The molecule has 0 aliphatic carbocycles. The Balaban J connectivity index is 1.93. The Morgan fingerprint density at radius 2 is 1.74 bits per heavy atom. The number of fused-ring (bicyclic) bond motifs is 1. The van der Waals surface area contributed by atoms with Gasteiger partial charge in [-0.15, -0.1) is 0 Å². The Hall–Kier alpha value is -1.87. The quantitative estimate of drug-likeness (QED) is 0.850. The van der Waals surface area contributed by atoms with Gasteiger partial charge in [-0.2, -0.15) is 0 Å². The first kappa shape index (κ1) is 12.2. The van der Waals surface area contributed by atoms with Crippen LogP contribution in [0.3, 0.4) is 0 Å². The maximum atomic E-state index is 12.6. The van der Waals surface area contributed by atoms with Gasteiger partial charge in [0.15, 0.2) is 0 Å². The van der Waals surface area contributed by atoms with E-state index in [0.717, 1.165) is 16.3 Å². The van der Waals surface area contributed by atoms with Gasteiger partial charge in [0.25, 0.3) is 5.91 Å². The molecule has 1 saturated heterocycles. The van der Waals surface area contributed by atoms with E-state index in [1.165, 1.54) is 0 Å². The lowest BCUT2D eigenvalue weighted by molar-refractivity contribution is 0.0548. The molecule has 2 aromatic rings. The van der Waals surface area contributed by atoms with Gasteiger partial charge in [-0.25, -0.2) is 0 Å². The molecule has 19 heavy (non-hydrogen) atoms. The lowest BCUT2D eigenvalue weighted by Crippen LogP contribution is -2.40. The molecule has 0 aromatic heterocycles. The molecule has 3 heteroatoms. The van der Waals surface area contributed by atoms with Gasteiger partial charge in [0.1, 0.15) is 0 Å². The van der Waals surface area contributed by atoms with Gasteiger partial charge >= 0.3 is 0 Å². The molecule has 0 saturated carbocycles. The van der Waals surface area contributed by atoms with Crippen LogP contribution in [0.25, 0.3) is 10.8 Å². The molecule has 1 fully saturated rings. The number of benzene rings is 2. The van der Waals surface area contributed by atoms with Crippen LogP contribution in [0.2, 0.25) is 0 Å². The van der Waals surface area contributed by atoms with Crippen LogP contribution in [-0.4, -0.2) is 35.1 Å². The van der Waals surface area contributed by atoms with Crippen molar-refractivity contribution in [3.63, 3.8) is 0 Å². The lowest BCUT2D eigenvalue weighted by atomic mass is 10.0. The zero-order valence-corrected chi connectivity index (χ0v) is 10.7. The number of piperidine rings is 1. The van der Waals surface area contributed by atoms with Crippen molar-refractivity contribution in [1.82, 2.24) is 4.90 Å². The standard InChI is InChI=1S/C16H17NO2/c18-13-8-10-17(11-9-13)16(19)15-7-3-5-12-4-1-2-6-14(12)15/h1-7,13,18H,8-11H2. The van der Waals surface area contributed by atoms with Crippen molar-refractivity contribution < 1.29 is 9.90 Å². The molecule has 1 amide bonds. The Morgan fingerprint density at radius 3 is 2.53 bits per heavy atom. The second-order valence-corrected chi connectivity index (χ2v) is 5.05. The van der Waals surface area contributed by atoms with E-state index in [2.05, 4.69) is 0 Å². The average molecular weight is 255 g/mol. The number of amides is 1. The summed E-state index contributed by atoms with van der Waals surface area (Å²) in [6.07, 6.45) is 1.10. The van der Waals surface area contributed by atoms with Crippen LogP contribution >= 0.6 is 0 Å². The first-order valence-electron chi connectivity index (χ1n) is 6.71. The molecule has 98 valence electrons. The lowest BCUT2D eigenvalue weighted by Gasteiger charge is -2.30. The highest BCUT2D eigenvalue weighted by atomic mass is 16.3. The molecule has 1 aliphatic rings. The summed E-state index contributed by atoms with van der Waals surface area (Å²) in [7, 11) is 0. The first-order valence-corrected chi connectivity index (χ1v) is 6.71. The van der Waals surface area contributed by atoms with Crippen molar-refractivity contribution in [3.05, 3.63) is 48.0 Å². The molecule has 0 bridgehead atoms. The van der Waals surface area contributed by atoms with Gasteiger partial charge in [0.05, 0.1) is 6.10 Å².